The molecule has 2 aromatic rings. The number of para-hydroxylation sites is 2. The lowest BCUT2D eigenvalue weighted by Crippen LogP contribution is -2.32. The molecular formula is C21H26N2O8. The van der Waals surface area contributed by atoms with E-state index in [-0.39, 0.29) is 18.3 Å². The Labute approximate surface area is 179 Å². The van der Waals surface area contributed by atoms with Gasteiger partial charge in [0.1, 0.15) is 24.2 Å². The Bertz CT molecular complexity index is 843. The number of hydrogen-bond acceptors (Lipinski definition) is 7. The Morgan fingerprint density at radius 3 is 2.19 bits per heavy atom. The number of aromatic hydroxyl groups is 1. The van der Waals surface area contributed by atoms with E-state index in [1.807, 2.05) is 18.2 Å². The molecule has 0 aromatic heterocycles. The molecule has 0 saturated carbocycles. The third-order valence-electron chi connectivity index (χ3n) is 3.72. The summed E-state index contributed by atoms with van der Waals surface area (Å²) in [5, 5.41) is 39.9. The third-order valence-corrected chi connectivity index (χ3v) is 3.72. The van der Waals surface area contributed by atoms with E-state index >= 15 is 0 Å². The summed E-state index contributed by atoms with van der Waals surface area (Å²) >= 11 is 0. The number of benzene rings is 2. The minimum Gasteiger partial charge on any atom is -0.508 e. The van der Waals surface area contributed by atoms with Gasteiger partial charge in [-0.2, -0.15) is 0 Å². The molecule has 1 amide bonds. The van der Waals surface area contributed by atoms with Crippen LogP contribution < -0.4 is 15.4 Å². The van der Waals surface area contributed by atoms with E-state index in [4.69, 9.17) is 24.5 Å². The van der Waals surface area contributed by atoms with Crippen LogP contribution in [-0.4, -0.2) is 64.1 Å². The molecule has 1 atom stereocenters. The molecule has 10 heteroatoms. The molecule has 0 spiro atoms. The van der Waals surface area contributed by atoms with Crippen LogP contribution in [0, 0.1) is 0 Å². The number of ether oxygens (including phenoxy) is 1. The molecule has 0 aliphatic heterocycles. The smallest absolute Gasteiger partial charge is 0.414 e. The second-order valence-corrected chi connectivity index (χ2v) is 6.37. The van der Waals surface area contributed by atoms with Crippen molar-refractivity contribution in [2.24, 2.45) is 0 Å². The summed E-state index contributed by atoms with van der Waals surface area (Å²) in [6.07, 6.45) is 0.143. The summed E-state index contributed by atoms with van der Waals surface area (Å²) in [6.45, 7) is 2.68. The summed E-state index contributed by atoms with van der Waals surface area (Å²) in [6, 6.07) is 14.2. The quantitative estimate of drug-likeness (QED) is 0.250. The molecule has 168 valence electrons. The molecular weight excluding hydrogens is 408 g/mol. The first-order valence-electron chi connectivity index (χ1n) is 9.31. The van der Waals surface area contributed by atoms with Gasteiger partial charge in [0, 0.05) is 13.5 Å². The maximum Gasteiger partial charge on any atom is 0.414 e. The second-order valence-electron chi connectivity index (χ2n) is 6.37. The minimum absolute atomic E-state index is 0.128. The molecule has 10 nitrogen and oxygen atoms in total. The predicted octanol–water partition coefficient (Wildman–Crippen LogP) is 1.08. The van der Waals surface area contributed by atoms with Crippen LogP contribution in [0.1, 0.15) is 12.5 Å². The minimum atomic E-state index is -1.82. The Balaban J connectivity index is 0.000000703. The van der Waals surface area contributed by atoms with Gasteiger partial charge >= 0.3 is 11.9 Å². The van der Waals surface area contributed by atoms with Crippen molar-refractivity contribution in [1.29, 1.82) is 0 Å². The van der Waals surface area contributed by atoms with Gasteiger partial charge in [-0.1, -0.05) is 24.3 Å². The van der Waals surface area contributed by atoms with Crippen LogP contribution in [-0.2, 0) is 20.8 Å². The number of hydrogen-bond donors (Lipinski definition) is 6. The first-order valence-corrected chi connectivity index (χ1v) is 9.31. The number of aliphatic carboxylic acids is 2. The summed E-state index contributed by atoms with van der Waals surface area (Å²) in [7, 11) is 0. The monoisotopic (exact) mass is 434 g/mol. The van der Waals surface area contributed by atoms with Gasteiger partial charge in [-0.3, -0.25) is 4.79 Å². The Morgan fingerprint density at radius 2 is 1.61 bits per heavy atom. The van der Waals surface area contributed by atoms with Crippen molar-refractivity contribution >= 4 is 23.5 Å². The van der Waals surface area contributed by atoms with Crippen molar-refractivity contribution in [3.63, 3.8) is 0 Å². The normalized spacial score (nSPS) is 10.9. The maximum absolute atomic E-state index is 11.2. The highest BCUT2D eigenvalue weighted by Gasteiger charge is 2.08. The molecule has 6 N–H and O–H groups in total. The van der Waals surface area contributed by atoms with Crippen LogP contribution in [0.4, 0.5) is 5.69 Å². The first-order chi connectivity index (χ1) is 14.7. The van der Waals surface area contributed by atoms with E-state index < -0.39 is 18.0 Å². The number of phenols is 1. The average Bonchev–Trinajstić information content (AvgIpc) is 2.72. The van der Waals surface area contributed by atoms with E-state index in [0.717, 1.165) is 12.0 Å². The number of aliphatic hydroxyl groups is 1. The van der Waals surface area contributed by atoms with Gasteiger partial charge in [0.2, 0.25) is 5.91 Å². The van der Waals surface area contributed by atoms with Crippen molar-refractivity contribution in [3.8, 4) is 11.5 Å². The first kappa shape index (κ1) is 25.4. The molecule has 0 aliphatic carbocycles. The Hall–Kier alpha value is -3.63. The van der Waals surface area contributed by atoms with Gasteiger partial charge < -0.3 is 35.8 Å². The van der Waals surface area contributed by atoms with Gasteiger partial charge in [0.25, 0.3) is 0 Å². The lowest BCUT2D eigenvalue weighted by atomic mass is 10.1. The maximum atomic E-state index is 11.2. The standard InChI is InChI=1S/C19H24N2O4.C2H2O4/c1-14(22)21-18-4-2-3-5-19(18)25-13-17(24)12-20-11-10-15-6-8-16(23)9-7-15;3-1(4)2(5)6/h2-9,17,20,23-24H,10-13H2,1H3,(H,21,22);(H,3,4)(H,5,6). The lowest BCUT2D eigenvalue weighted by Gasteiger charge is -2.15. The Morgan fingerprint density at radius 1 is 1.00 bits per heavy atom. The zero-order valence-corrected chi connectivity index (χ0v) is 16.9. The molecule has 0 bridgehead atoms. The number of carboxylic acid groups (broad SMARTS) is 2. The fourth-order valence-corrected chi connectivity index (χ4v) is 2.29. The summed E-state index contributed by atoms with van der Waals surface area (Å²) in [5.41, 5.74) is 1.70. The lowest BCUT2D eigenvalue weighted by molar-refractivity contribution is -0.159. The van der Waals surface area contributed by atoms with Crippen LogP contribution in [0.25, 0.3) is 0 Å². The van der Waals surface area contributed by atoms with E-state index in [9.17, 15) is 15.0 Å². The zero-order chi connectivity index (χ0) is 23.2. The number of anilines is 1. The van der Waals surface area contributed by atoms with E-state index in [1.165, 1.54) is 6.92 Å². The van der Waals surface area contributed by atoms with Gasteiger partial charge in [0.05, 0.1) is 5.69 Å². The molecule has 2 rings (SSSR count). The van der Waals surface area contributed by atoms with Crippen molar-refractivity contribution in [1.82, 2.24) is 5.32 Å². The number of carbonyl (C=O) groups is 3. The number of aliphatic hydroxyl groups excluding tert-OH is 1. The van der Waals surface area contributed by atoms with Gasteiger partial charge in [-0.15, -0.1) is 0 Å². The summed E-state index contributed by atoms with van der Waals surface area (Å²) in [5.74, 6) is -3.04. The summed E-state index contributed by atoms with van der Waals surface area (Å²) < 4.78 is 5.60. The highest BCUT2D eigenvalue weighted by molar-refractivity contribution is 6.27. The third kappa shape index (κ3) is 11.2. The van der Waals surface area contributed by atoms with Crippen molar-refractivity contribution < 1.29 is 39.5 Å². The van der Waals surface area contributed by atoms with E-state index in [1.54, 1.807) is 30.3 Å². The van der Waals surface area contributed by atoms with Crippen LogP contribution in [0.5, 0.6) is 11.5 Å². The number of nitrogens with one attached hydrogen (secondary N) is 2. The molecule has 0 fully saturated rings. The number of carboxylic acids is 2. The van der Waals surface area contributed by atoms with Crippen LogP contribution >= 0.6 is 0 Å². The topological polar surface area (TPSA) is 165 Å². The van der Waals surface area contributed by atoms with E-state index in [2.05, 4.69) is 10.6 Å². The highest BCUT2D eigenvalue weighted by Crippen LogP contribution is 2.23. The molecule has 0 heterocycles. The van der Waals surface area contributed by atoms with Gasteiger partial charge in [-0.25, -0.2) is 9.59 Å². The number of rotatable bonds is 9. The highest BCUT2D eigenvalue weighted by atomic mass is 16.5. The zero-order valence-electron chi connectivity index (χ0n) is 16.9. The molecule has 0 aliphatic rings. The predicted molar refractivity (Wildman–Crippen MR) is 112 cm³/mol. The van der Waals surface area contributed by atoms with Crippen LogP contribution in [0.2, 0.25) is 0 Å². The number of carbonyl (C=O) groups excluding carboxylic acids is 1. The fourth-order valence-electron chi connectivity index (χ4n) is 2.29. The second kappa shape index (κ2) is 13.6. The van der Waals surface area contributed by atoms with Crippen molar-refractivity contribution in [2.75, 3.05) is 25.0 Å². The average molecular weight is 434 g/mol. The fraction of sp³-hybridized carbons (Fsp3) is 0.286. The van der Waals surface area contributed by atoms with Crippen molar-refractivity contribution in [3.05, 3.63) is 54.1 Å². The van der Waals surface area contributed by atoms with Crippen LogP contribution in [0.15, 0.2) is 48.5 Å². The van der Waals surface area contributed by atoms with Gasteiger partial charge in [0.15, 0.2) is 0 Å². The van der Waals surface area contributed by atoms with Gasteiger partial charge in [-0.05, 0) is 42.8 Å². The largest absolute Gasteiger partial charge is 0.508 e. The number of amides is 1. The number of phenolic OH excluding ortho intramolecular Hbond substituents is 1. The molecule has 1 unspecified atom stereocenters. The Kier molecular flexibility index (Phi) is 11.1. The van der Waals surface area contributed by atoms with E-state index in [0.29, 0.717) is 24.5 Å². The molecule has 2 aromatic carbocycles. The SMILES string of the molecule is CC(=O)Nc1ccccc1OCC(O)CNCCc1ccc(O)cc1.O=C(O)C(=O)O. The van der Waals surface area contributed by atoms with Crippen LogP contribution in [0.3, 0.4) is 0 Å². The molecule has 31 heavy (non-hydrogen) atoms. The van der Waals surface area contributed by atoms with Crippen molar-refractivity contribution in [2.45, 2.75) is 19.4 Å². The molecule has 0 saturated heterocycles. The summed E-state index contributed by atoms with van der Waals surface area (Å²) in [4.78, 5) is 29.4. The molecule has 0 radical (unpaired) electrons.